The first kappa shape index (κ1) is 15.5. The van der Waals surface area contributed by atoms with Crippen LogP contribution in [0.1, 0.15) is 5.69 Å². The summed E-state index contributed by atoms with van der Waals surface area (Å²) in [5.41, 5.74) is 1.28. The fourth-order valence-corrected chi connectivity index (χ4v) is 2.45. The third-order valence-electron chi connectivity index (χ3n) is 3.10. The van der Waals surface area contributed by atoms with Crippen LogP contribution in [0, 0.1) is 5.82 Å². The summed E-state index contributed by atoms with van der Waals surface area (Å²) in [6.07, 6.45) is 4.56. The number of benzene rings is 1. The minimum absolute atomic E-state index is 0.0493. The number of imidazole rings is 1. The highest BCUT2D eigenvalue weighted by atomic mass is 35.5. The largest absolute Gasteiger partial charge is 0.320 e. The van der Waals surface area contributed by atoms with Gasteiger partial charge in [0.25, 0.3) is 0 Å². The molecule has 2 aromatic heterocycles. The molecular weight excluding hydrogens is 340 g/mol. The lowest BCUT2D eigenvalue weighted by molar-refractivity contribution is -0.111. The van der Waals surface area contributed by atoms with E-state index < -0.39 is 11.7 Å². The van der Waals surface area contributed by atoms with Crippen LogP contribution in [0.4, 0.5) is 10.1 Å². The number of nitrogens with one attached hydrogen (secondary N) is 1. The summed E-state index contributed by atoms with van der Waals surface area (Å²) in [5, 5.41) is 2.97. The van der Waals surface area contributed by atoms with Gasteiger partial charge in [0, 0.05) is 17.3 Å². The third-order valence-corrected chi connectivity index (χ3v) is 3.62. The number of aromatic nitrogens is 2. The zero-order valence-electron chi connectivity index (χ0n) is 11.6. The van der Waals surface area contributed by atoms with Crippen molar-refractivity contribution in [1.29, 1.82) is 0 Å². The molecule has 2 heterocycles. The molecule has 0 fully saturated rings. The smallest absolute Gasteiger partial charge is 0.248 e. The summed E-state index contributed by atoms with van der Waals surface area (Å²) in [7, 11) is 0. The molecule has 0 saturated heterocycles. The lowest BCUT2D eigenvalue weighted by Crippen LogP contribution is -2.09. The SMILES string of the molecule is O=C(C=Cc1c(Cl)nc2ccccn12)Nc1ccc(Cl)cc1F. The summed E-state index contributed by atoms with van der Waals surface area (Å²) in [4.78, 5) is 16.1. The Kier molecular flexibility index (Phi) is 4.32. The van der Waals surface area contributed by atoms with Crippen LogP contribution in [0.5, 0.6) is 0 Å². The highest BCUT2D eigenvalue weighted by molar-refractivity contribution is 6.31. The first-order chi connectivity index (χ1) is 11.0. The molecule has 0 aliphatic heterocycles. The van der Waals surface area contributed by atoms with Crippen LogP contribution in [0.3, 0.4) is 0 Å². The number of anilines is 1. The molecule has 0 aliphatic rings. The molecule has 0 saturated carbocycles. The number of hydrogen-bond acceptors (Lipinski definition) is 2. The zero-order valence-corrected chi connectivity index (χ0v) is 13.1. The molecule has 0 atom stereocenters. The molecule has 0 unspecified atom stereocenters. The molecule has 0 aliphatic carbocycles. The third kappa shape index (κ3) is 3.36. The second kappa shape index (κ2) is 6.40. The van der Waals surface area contributed by atoms with Gasteiger partial charge in [-0.1, -0.05) is 29.3 Å². The minimum Gasteiger partial charge on any atom is -0.320 e. The van der Waals surface area contributed by atoms with Crippen molar-refractivity contribution in [1.82, 2.24) is 9.38 Å². The summed E-state index contributed by atoms with van der Waals surface area (Å²) in [6.45, 7) is 0. The lowest BCUT2D eigenvalue weighted by atomic mass is 10.3. The number of carbonyl (C=O) groups is 1. The van der Waals surface area contributed by atoms with Crippen LogP contribution < -0.4 is 5.32 Å². The van der Waals surface area contributed by atoms with Crippen molar-refractivity contribution in [3.05, 3.63) is 70.4 Å². The van der Waals surface area contributed by atoms with E-state index in [1.54, 1.807) is 16.7 Å². The second-order valence-corrected chi connectivity index (χ2v) is 5.46. The molecule has 1 N–H and O–H groups in total. The van der Waals surface area contributed by atoms with Gasteiger partial charge in [0.1, 0.15) is 11.5 Å². The van der Waals surface area contributed by atoms with E-state index in [9.17, 15) is 9.18 Å². The van der Waals surface area contributed by atoms with Crippen molar-refractivity contribution in [2.24, 2.45) is 0 Å². The van der Waals surface area contributed by atoms with E-state index in [-0.39, 0.29) is 15.9 Å². The van der Waals surface area contributed by atoms with Gasteiger partial charge in [-0.15, -0.1) is 0 Å². The lowest BCUT2D eigenvalue weighted by Gasteiger charge is -2.03. The van der Waals surface area contributed by atoms with Crippen LogP contribution in [0.25, 0.3) is 11.7 Å². The number of carbonyl (C=O) groups excluding carboxylic acids is 1. The van der Waals surface area contributed by atoms with Gasteiger partial charge in [0.2, 0.25) is 5.91 Å². The number of amides is 1. The molecule has 0 spiro atoms. The van der Waals surface area contributed by atoms with E-state index in [1.807, 2.05) is 12.1 Å². The average Bonchev–Trinajstić information content (AvgIpc) is 2.83. The Morgan fingerprint density at radius 3 is 2.87 bits per heavy atom. The first-order valence-corrected chi connectivity index (χ1v) is 7.37. The van der Waals surface area contributed by atoms with Gasteiger partial charge in [-0.25, -0.2) is 9.37 Å². The fourth-order valence-electron chi connectivity index (χ4n) is 2.06. The van der Waals surface area contributed by atoms with E-state index in [2.05, 4.69) is 10.3 Å². The number of pyridine rings is 1. The Morgan fingerprint density at radius 2 is 2.09 bits per heavy atom. The quantitative estimate of drug-likeness (QED) is 0.711. The van der Waals surface area contributed by atoms with E-state index in [4.69, 9.17) is 23.2 Å². The zero-order chi connectivity index (χ0) is 16.4. The molecule has 0 radical (unpaired) electrons. The molecule has 3 aromatic rings. The van der Waals surface area contributed by atoms with Gasteiger partial charge >= 0.3 is 0 Å². The second-order valence-electron chi connectivity index (χ2n) is 4.66. The van der Waals surface area contributed by atoms with Crippen molar-refractivity contribution in [3.8, 4) is 0 Å². The van der Waals surface area contributed by atoms with Crippen LogP contribution in [0.15, 0.2) is 48.7 Å². The summed E-state index contributed by atoms with van der Waals surface area (Å²) >= 11 is 11.7. The predicted molar refractivity (Wildman–Crippen MR) is 89.3 cm³/mol. The van der Waals surface area contributed by atoms with Crippen LogP contribution >= 0.6 is 23.2 Å². The topological polar surface area (TPSA) is 46.4 Å². The van der Waals surface area contributed by atoms with Crippen molar-refractivity contribution in [2.75, 3.05) is 5.32 Å². The van der Waals surface area contributed by atoms with E-state index in [0.29, 0.717) is 11.3 Å². The predicted octanol–water partition coefficient (Wildman–Crippen LogP) is 4.43. The standard InChI is InChI=1S/C16H10Cl2FN3O/c17-10-4-5-12(11(19)9-10)20-15(23)7-6-13-16(18)21-14-3-1-2-8-22(13)14/h1-9H,(H,20,23). The van der Waals surface area contributed by atoms with E-state index in [0.717, 1.165) is 6.07 Å². The monoisotopic (exact) mass is 349 g/mol. The maximum absolute atomic E-state index is 13.6. The molecular formula is C16H10Cl2FN3O. The Hall–Kier alpha value is -2.37. The van der Waals surface area contributed by atoms with Gasteiger partial charge in [-0.2, -0.15) is 0 Å². The Morgan fingerprint density at radius 1 is 1.26 bits per heavy atom. The Labute approximate surface area is 141 Å². The molecule has 7 heteroatoms. The molecule has 116 valence electrons. The number of fused-ring (bicyclic) bond motifs is 1. The number of halogens is 3. The number of nitrogens with zero attached hydrogens (tertiary/aromatic N) is 2. The van der Waals surface area contributed by atoms with Crippen molar-refractivity contribution < 1.29 is 9.18 Å². The first-order valence-electron chi connectivity index (χ1n) is 6.61. The Bertz CT molecular complexity index is 921. The van der Waals surface area contributed by atoms with Gasteiger partial charge in [-0.05, 0) is 36.4 Å². The number of hydrogen-bond donors (Lipinski definition) is 1. The molecule has 0 bridgehead atoms. The van der Waals surface area contributed by atoms with E-state index in [1.165, 1.54) is 24.3 Å². The van der Waals surface area contributed by atoms with Gasteiger partial charge in [0.05, 0.1) is 11.4 Å². The molecule has 1 aromatic carbocycles. The molecule has 23 heavy (non-hydrogen) atoms. The van der Waals surface area contributed by atoms with Crippen LogP contribution in [-0.4, -0.2) is 15.3 Å². The van der Waals surface area contributed by atoms with Crippen molar-refractivity contribution in [3.63, 3.8) is 0 Å². The maximum Gasteiger partial charge on any atom is 0.248 e. The molecule has 4 nitrogen and oxygen atoms in total. The maximum atomic E-state index is 13.6. The summed E-state index contributed by atoms with van der Waals surface area (Å²) in [5.74, 6) is -1.10. The van der Waals surface area contributed by atoms with Gasteiger partial charge in [0.15, 0.2) is 5.15 Å². The minimum atomic E-state index is -0.605. The summed E-state index contributed by atoms with van der Waals surface area (Å²) in [6, 6.07) is 9.47. The highest BCUT2D eigenvalue weighted by Gasteiger charge is 2.08. The fraction of sp³-hybridized carbons (Fsp3) is 0. The normalized spacial score (nSPS) is 11.3. The van der Waals surface area contributed by atoms with Crippen molar-refractivity contribution >= 4 is 46.5 Å². The van der Waals surface area contributed by atoms with E-state index >= 15 is 0 Å². The summed E-state index contributed by atoms with van der Waals surface area (Å²) < 4.78 is 15.4. The van der Waals surface area contributed by atoms with Crippen LogP contribution in [-0.2, 0) is 4.79 Å². The van der Waals surface area contributed by atoms with Gasteiger partial charge in [-0.3, -0.25) is 9.20 Å². The molecule has 3 rings (SSSR count). The van der Waals surface area contributed by atoms with Crippen molar-refractivity contribution in [2.45, 2.75) is 0 Å². The highest BCUT2D eigenvalue weighted by Crippen LogP contribution is 2.20. The molecule has 1 amide bonds. The number of rotatable bonds is 3. The van der Waals surface area contributed by atoms with Crippen LogP contribution in [0.2, 0.25) is 10.2 Å². The Balaban J connectivity index is 1.81. The average molecular weight is 350 g/mol. The van der Waals surface area contributed by atoms with Gasteiger partial charge < -0.3 is 5.32 Å².